The largest absolute Gasteiger partial charge is 0.481 e. The lowest BCUT2D eigenvalue weighted by Gasteiger charge is -2.16. The van der Waals surface area contributed by atoms with Crippen molar-refractivity contribution in [1.29, 1.82) is 0 Å². The minimum Gasteiger partial charge on any atom is -0.481 e. The van der Waals surface area contributed by atoms with Gasteiger partial charge in [0, 0.05) is 25.9 Å². The average Bonchev–Trinajstić information content (AvgIpc) is 2.82. The molecule has 1 rings (SSSR count). The van der Waals surface area contributed by atoms with E-state index in [9.17, 15) is 14.4 Å². The van der Waals surface area contributed by atoms with Crippen LogP contribution in [0.4, 0.5) is 4.79 Å². The lowest BCUT2D eigenvalue weighted by Crippen LogP contribution is -2.38. The molecule has 0 spiro atoms. The van der Waals surface area contributed by atoms with Crippen LogP contribution in [0.1, 0.15) is 32.1 Å². The van der Waals surface area contributed by atoms with Crippen molar-refractivity contribution in [3.63, 3.8) is 0 Å². The highest BCUT2D eigenvalue weighted by Gasteiger charge is 2.26. The number of carboxylic acid groups (broad SMARTS) is 1. The number of nitrogens with one attached hydrogen (secondary N) is 1. The zero-order valence-electron chi connectivity index (χ0n) is 11.1. The lowest BCUT2D eigenvalue weighted by atomic mass is 10.2. The van der Waals surface area contributed by atoms with E-state index in [2.05, 4.69) is 10.1 Å². The molecule has 2 N–H and O–H groups in total. The molecule has 0 aromatic carbocycles. The highest BCUT2D eigenvalue weighted by atomic mass is 16.5. The van der Waals surface area contributed by atoms with Crippen LogP contribution in [0.5, 0.6) is 0 Å². The summed E-state index contributed by atoms with van der Waals surface area (Å²) in [7, 11) is 1.30. The van der Waals surface area contributed by atoms with Gasteiger partial charge in [-0.15, -0.1) is 0 Å². The summed E-state index contributed by atoms with van der Waals surface area (Å²) in [4.78, 5) is 34.9. The summed E-state index contributed by atoms with van der Waals surface area (Å²) in [6, 6.07) is -0.0598. The molecule has 0 aromatic rings. The number of carbonyl (C=O) groups excluding carboxylic acids is 2. The third-order valence-corrected chi connectivity index (χ3v) is 3.08. The highest BCUT2D eigenvalue weighted by Crippen LogP contribution is 2.12. The standard InChI is InChI=1S/C12H20N2O5/c1-19-12(18)13-9-6-7-14(8-9)10(15)4-2-3-5-11(16)17/h9H,2-8H2,1H3,(H,13,18)(H,16,17). The minimum absolute atomic E-state index is 0.0135. The fourth-order valence-corrected chi connectivity index (χ4v) is 2.04. The van der Waals surface area contributed by atoms with Gasteiger partial charge in [0.25, 0.3) is 0 Å². The van der Waals surface area contributed by atoms with Crippen molar-refractivity contribution in [3.8, 4) is 0 Å². The Hall–Kier alpha value is -1.79. The first-order chi connectivity index (χ1) is 9.02. The molecule has 1 aliphatic heterocycles. The van der Waals surface area contributed by atoms with Gasteiger partial charge in [-0.3, -0.25) is 9.59 Å². The summed E-state index contributed by atoms with van der Waals surface area (Å²) in [6.45, 7) is 1.11. The number of aliphatic carboxylic acids is 1. The quantitative estimate of drug-likeness (QED) is 0.690. The molecule has 1 aliphatic rings. The highest BCUT2D eigenvalue weighted by molar-refractivity contribution is 5.77. The smallest absolute Gasteiger partial charge is 0.407 e. The van der Waals surface area contributed by atoms with E-state index in [4.69, 9.17) is 5.11 Å². The lowest BCUT2D eigenvalue weighted by molar-refractivity contribution is -0.137. The van der Waals surface area contributed by atoms with Crippen molar-refractivity contribution < 1.29 is 24.2 Å². The van der Waals surface area contributed by atoms with E-state index in [0.717, 1.165) is 6.42 Å². The molecule has 0 saturated carbocycles. The van der Waals surface area contributed by atoms with Crippen molar-refractivity contribution in [1.82, 2.24) is 10.2 Å². The van der Waals surface area contributed by atoms with Gasteiger partial charge in [0.1, 0.15) is 0 Å². The molecule has 0 aliphatic carbocycles. The number of likely N-dealkylation sites (tertiary alicyclic amines) is 1. The van der Waals surface area contributed by atoms with Gasteiger partial charge in [-0.2, -0.15) is 0 Å². The maximum Gasteiger partial charge on any atom is 0.407 e. The molecule has 2 amide bonds. The van der Waals surface area contributed by atoms with Gasteiger partial charge in [0.2, 0.25) is 5.91 Å². The van der Waals surface area contributed by atoms with Crippen molar-refractivity contribution >= 4 is 18.0 Å². The van der Waals surface area contributed by atoms with Crippen LogP contribution in [-0.2, 0) is 14.3 Å². The number of ether oxygens (including phenoxy) is 1. The second-order valence-corrected chi connectivity index (χ2v) is 4.56. The second kappa shape index (κ2) is 7.60. The molecule has 0 bridgehead atoms. The van der Waals surface area contributed by atoms with Crippen LogP contribution in [0.3, 0.4) is 0 Å². The Balaban J connectivity index is 2.20. The maximum atomic E-state index is 11.8. The molecule has 0 radical (unpaired) electrons. The molecule has 1 heterocycles. The Morgan fingerprint density at radius 3 is 2.63 bits per heavy atom. The van der Waals surface area contributed by atoms with Crippen LogP contribution in [0.2, 0.25) is 0 Å². The second-order valence-electron chi connectivity index (χ2n) is 4.56. The van der Waals surface area contributed by atoms with Gasteiger partial charge in [0.05, 0.1) is 13.2 Å². The van der Waals surface area contributed by atoms with Gasteiger partial charge >= 0.3 is 12.1 Å². The first-order valence-electron chi connectivity index (χ1n) is 6.37. The van der Waals surface area contributed by atoms with Crippen LogP contribution in [-0.4, -0.2) is 54.2 Å². The zero-order chi connectivity index (χ0) is 14.3. The van der Waals surface area contributed by atoms with Crippen LogP contribution in [0.25, 0.3) is 0 Å². The summed E-state index contributed by atoms with van der Waals surface area (Å²) in [5.41, 5.74) is 0. The molecule has 108 valence electrons. The third-order valence-electron chi connectivity index (χ3n) is 3.08. The first kappa shape index (κ1) is 15.3. The normalized spacial score (nSPS) is 18.2. The topological polar surface area (TPSA) is 95.9 Å². The van der Waals surface area contributed by atoms with Crippen LogP contribution < -0.4 is 5.32 Å². The molecule has 1 saturated heterocycles. The van der Waals surface area contributed by atoms with E-state index in [1.165, 1.54) is 7.11 Å². The SMILES string of the molecule is COC(=O)NC1CCN(C(=O)CCCCC(=O)O)C1. The maximum absolute atomic E-state index is 11.8. The average molecular weight is 272 g/mol. The molecule has 19 heavy (non-hydrogen) atoms. The molecule has 1 atom stereocenters. The number of nitrogens with zero attached hydrogens (tertiary/aromatic N) is 1. The molecular formula is C12H20N2O5. The Bertz CT molecular complexity index is 345. The van der Waals surface area contributed by atoms with Gasteiger partial charge < -0.3 is 20.1 Å². The number of hydrogen-bond acceptors (Lipinski definition) is 4. The fourth-order valence-electron chi connectivity index (χ4n) is 2.04. The number of hydrogen-bond donors (Lipinski definition) is 2. The molecular weight excluding hydrogens is 252 g/mol. The summed E-state index contributed by atoms with van der Waals surface area (Å²) in [5.74, 6) is -0.824. The number of rotatable bonds is 6. The summed E-state index contributed by atoms with van der Waals surface area (Å²) < 4.78 is 4.50. The Labute approximate surface area is 111 Å². The van der Waals surface area contributed by atoms with Crippen LogP contribution in [0.15, 0.2) is 0 Å². The van der Waals surface area contributed by atoms with Crippen LogP contribution in [0, 0.1) is 0 Å². The van der Waals surface area contributed by atoms with E-state index in [1.807, 2.05) is 0 Å². The number of alkyl carbamates (subject to hydrolysis) is 1. The van der Waals surface area contributed by atoms with Crippen molar-refractivity contribution in [2.45, 2.75) is 38.1 Å². The number of carbonyl (C=O) groups is 3. The Morgan fingerprint density at radius 1 is 1.32 bits per heavy atom. The molecule has 7 heteroatoms. The number of carboxylic acids is 1. The fraction of sp³-hybridized carbons (Fsp3) is 0.750. The minimum atomic E-state index is -0.837. The zero-order valence-corrected chi connectivity index (χ0v) is 11.1. The monoisotopic (exact) mass is 272 g/mol. The van der Waals surface area contributed by atoms with Gasteiger partial charge in [-0.25, -0.2) is 4.79 Å². The van der Waals surface area contributed by atoms with Crippen molar-refractivity contribution in [2.24, 2.45) is 0 Å². The van der Waals surface area contributed by atoms with Crippen molar-refractivity contribution in [2.75, 3.05) is 20.2 Å². The van der Waals surface area contributed by atoms with Crippen molar-refractivity contribution in [3.05, 3.63) is 0 Å². The summed E-state index contributed by atoms with van der Waals surface area (Å²) >= 11 is 0. The Kier molecular flexibility index (Phi) is 6.11. The summed E-state index contributed by atoms with van der Waals surface area (Å²) in [5, 5.41) is 11.1. The van der Waals surface area contributed by atoms with E-state index in [1.54, 1.807) is 4.90 Å². The molecule has 1 fully saturated rings. The number of amides is 2. The Morgan fingerprint density at radius 2 is 2.00 bits per heavy atom. The number of unbranched alkanes of at least 4 members (excludes halogenated alkanes) is 1. The molecule has 7 nitrogen and oxygen atoms in total. The molecule has 1 unspecified atom stereocenters. The number of methoxy groups -OCH3 is 1. The van der Waals surface area contributed by atoms with Gasteiger partial charge in [-0.1, -0.05) is 0 Å². The van der Waals surface area contributed by atoms with E-state index < -0.39 is 12.1 Å². The molecule has 0 aromatic heterocycles. The van der Waals surface area contributed by atoms with E-state index in [0.29, 0.717) is 32.4 Å². The predicted octanol–water partition coefficient (Wildman–Crippen LogP) is 0.588. The van der Waals surface area contributed by atoms with E-state index in [-0.39, 0.29) is 18.4 Å². The first-order valence-corrected chi connectivity index (χ1v) is 6.37. The third kappa shape index (κ3) is 5.58. The summed E-state index contributed by atoms with van der Waals surface area (Å²) in [6.07, 6.45) is 1.78. The van der Waals surface area contributed by atoms with Crippen LogP contribution >= 0.6 is 0 Å². The van der Waals surface area contributed by atoms with Gasteiger partial charge in [0.15, 0.2) is 0 Å². The predicted molar refractivity (Wildman–Crippen MR) is 66.6 cm³/mol. The van der Waals surface area contributed by atoms with E-state index >= 15 is 0 Å². The van der Waals surface area contributed by atoms with Gasteiger partial charge in [-0.05, 0) is 19.3 Å².